The predicted molar refractivity (Wildman–Crippen MR) is 77.0 cm³/mol. The van der Waals surface area contributed by atoms with Gasteiger partial charge in [-0.15, -0.1) is 11.8 Å². The van der Waals surface area contributed by atoms with E-state index in [1.165, 1.54) is 4.90 Å². The second kappa shape index (κ2) is 7.33. The van der Waals surface area contributed by atoms with Gasteiger partial charge in [0.1, 0.15) is 5.75 Å². The van der Waals surface area contributed by atoms with Crippen molar-refractivity contribution in [1.29, 1.82) is 5.26 Å². The minimum Gasteiger partial charge on any atom is -0.494 e. The van der Waals surface area contributed by atoms with E-state index >= 15 is 0 Å². The molecule has 0 unspecified atom stereocenters. The lowest BCUT2D eigenvalue weighted by atomic mass is 9.89. The van der Waals surface area contributed by atoms with Crippen LogP contribution < -0.4 is 4.74 Å². The molecule has 0 aliphatic carbocycles. The number of benzene rings is 1. The Morgan fingerprint density at radius 2 is 1.89 bits per heavy atom. The molecule has 1 aromatic carbocycles. The fourth-order valence-corrected chi connectivity index (χ4v) is 2.00. The van der Waals surface area contributed by atoms with Crippen LogP contribution in [0.3, 0.4) is 0 Å². The average Bonchev–Trinajstić information content (AvgIpc) is 2.39. The topological polar surface area (TPSA) is 33.0 Å². The van der Waals surface area contributed by atoms with E-state index in [-0.39, 0.29) is 5.41 Å². The normalized spacial score (nSPS) is 11.0. The van der Waals surface area contributed by atoms with Crippen molar-refractivity contribution in [3.05, 3.63) is 24.3 Å². The molecule has 1 aromatic rings. The van der Waals surface area contributed by atoms with E-state index in [0.717, 1.165) is 31.6 Å². The first kappa shape index (κ1) is 14.9. The Kier molecular flexibility index (Phi) is 6.07. The maximum absolute atomic E-state index is 8.89. The number of unbranched alkanes of at least 4 members (excludes halogenated alkanes) is 1. The van der Waals surface area contributed by atoms with Gasteiger partial charge in [-0.05, 0) is 63.6 Å². The van der Waals surface area contributed by atoms with Crippen LogP contribution in [0.15, 0.2) is 29.2 Å². The molecule has 0 bridgehead atoms. The Labute approximate surface area is 114 Å². The van der Waals surface area contributed by atoms with Gasteiger partial charge in [0.05, 0.1) is 18.1 Å². The van der Waals surface area contributed by atoms with Crippen LogP contribution in [0.25, 0.3) is 0 Å². The van der Waals surface area contributed by atoms with Crippen LogP contribution >= 0.6 is 11.8 Å². The molecule has 1 rings (SSSR count). The Balaban J connectivity index is 2.20. The molecule has 2 nitrogen and oxygen atoms in total. The van der Waals surface area contributed by atoms with Crippen LogP contribution in [0.4, 0.5) is 0 Å². The quantitative estimate of drug-likeness (QED) is 0.536. The lowest BCUT2D eigenvalue weighted by Crippen LogP contribution is -2.08. The highest BCUT2D eigenvalue weighted by molar-refractivity contribution is 7.98. The molecule has 0 saturated carbocycles. The zero-order chi connectivity index (χ0) is 13.4. The number of nitrogens with zero attached hydrogens (tertiary/aromatic N) is 1. The lowest BCUT2D eigenvalue weighted by molar-refractivity contribution is 0.295. The number of nitriles is 1. The highest BCUT2D eigenvalue weighted by Gasteiger charge is 2.15. The van der Waals surface area contributed by atoms with Crippen molar-refractivity contribution in [2.24, 2.45) is 5.41 Å². The molecule has 0 atom stereocenters. The summed E-state index contributed by atoms with van der Waals surface area (Å²) in [7, 11) is 0. The second-order valence-corrected chi connectivity index (χ2v) is 5.86. The summed E-state index contributed by atoms with van der Waals surface area (Å²) in [6.45, 7) is 4.68. The molecule has 98 valence electrons. The lowest BCUT2D eigenvalue weighted by Gasteiger charge is -2.14. The maximum Gasteiger partial charge on any atom is 0.119 e. The first-order valence-electron chi connectivity index (χ1n) is 6.25. The van der Waals surface area contributed by atoms with Crippen molar-refractivity contribution in [3.8, 4) is 11.8 Å². The van der Waals surface area contributed by atoms with Crippen LogP contribution in [-0.2, 0) is 0 Å². The molecule has 0 saturated heterocycles. The zero-order valence-electron chi connectivity index (χ0n) is 11.4. The monoisotopic (exact) mass is 263 g/mol. The average molecular weight is 263 g/mol. The summed E-state index contributed by atoms with van der Waals surface area (Å²) < 4.78 is 5.66. The van der Waals surface area contributed by atoms with Gasteiger partial charge in [-0.2, -0.15) is 5.26 Å². The molecular weight excluding hydrogens is 242 g/mol. The van der Waals surface area contributed by atoms with Crippen LogP contribution in [0.5, 0.6) is 5.75 Å². The Morgan fingerprint density at radius 1 is 1.22 bits per heavy atom. The van der Waals surface area contributed by atoms with Crippen LogP contribution in [0.2, 0.25) is 0 Å². The number of hydrogen-bond acceptors (Lipinski definition) is 3. The van der Waals surface area contributed by atoms with Gasteiger partial charge in [0.25, 0.3) is 0 Å². The highest BCUT2D eigenvalue weighted by atomic mass is 32.2. The summed E-state index contributed by atoms with van der Waals surface area (Å²) in [5, 5.41) is 8.89. The number of hydrogen-bond donors (Lipinski definition) is 0. The molecule has 0 aliphatic rings. The summed E-state index contributed by atoms with van der Waals surface area (Å²) in [5.74, 6) is 0.923. The zero-order valence-corrected chi connectivity index (χ0v) is 12.2. The molecule has 0 spiro atoms. The Hall–Kier alpha value is -1.14. The van der Waals surface area contributed by atoms with Crippen molar-refractivity contribution < 1.29 is 4.74 Å². The molecule has 0 aliphatic heterocycles. The maximum atomic E-state index is 8.89. The van der Waals surface area contributed by atoms with E-state index in [2.05, 4.69) is 24.5 Å². The fourth-order valence-electron chi connectivity index (χ4n) is 1.59. The molecule has 3 heteroatoms. The molecule has 18 heavy (non-hydrogen) atoms. The van der Waals surface area contributed by atoms with Gasteiger partial charge in [0.2, 0.25) is 0 Å². The summed E-state index contributed by atoms with van der Waals surface area (Å²) >= 11 is 1.73. The largest absolute Gasteiger partial charge is 0.494 e. The predicted octanol–water partition coefficient (Wildman–Crippen LogP) is 4.51. The van der Waals surface area contributed by atoms with E-state index < -0.39 is 0 Å². The molecule has 0 amide bonds. The van der Waals surface area contributed by atoms with Crippen LogP contribution in [0, 0.1) is 16.7 Å². The van der Waals surface area contributed by atoms with Crippen molar-refractivity contribution in [2.45, 2.75) is 38.0 Å². The fraction of sp³-hybridized carbons (Fsp3) is 0.533. The van der Waals surface area contributed by atoms with Gasteiger partial charge in [0.15, 0.2) is 0 Å². The molecule has 0 radical (unpaired) electrons. The van der Waals surface area contributed by atoms with Gasteiger partial charge < -0.3 is 4.74 Å². The third kappa shape index (κ3) is 5.46. The summed E-state index contributed by atoms with van der Waals surface area (Å²) in [6.07, 6.45) is 5.02. The molecule has 0 N–H and O–H groups in total. The van der Waals surface area contributed by atoms with Crippen molar-refractivity contribution in [1.82, 2.24) is 0 Å². The summed E-state index contributed by atoms with van der Waals surface area (Å²) in [4.78, 5) is 1.25. The second-order valence-electron chi connectivity index (χ2n) is 4.98. The molecule has 0 aromatic heterocycles. The van der Waals surface area contributed by atoms with E-state index in [9.17, 15) is 0 Å². The van der Waals surface area contributed by atoms with Crippen molar-refractivity contribution in [2.75, 3.05) is 12.9 Å². The van der Waals surface area contributed by atoms with E-state index in [4.69, 9.17) is 10.00 Å². The number of ether oxygens (including phenoxy) is 1. The minimum absolute atomic E-state index is 0.208. The summed E-state index contributed by atoms with van der Waals surface area (Å²) in [6, 6.07) is 10.5. The standard InChI is InChI=1S/C15H21NOS/c1-15(2,12-16)10-4-5-11-17-13-6-8-14(18-3)9-7-13/h6-9H,4-5,10-11H2,1-3H3. The van der Waals surface area contributed by atoms with Gasteiger partial charge >= 0.3 is 0 Å². The number of thioether (sulfide) groups is 1. The first-order valence-corrected chi connectivity index (χ1v) is 7.48. The van der Waals surface area contributed by atoms with Crippen molar-refractivity contribution in [3.63, 3.8) is 0 Å². The minimum atomic E-state index is -0.208. The molecular formula is C15H21NOS. The van der Waals surface area contributed by atoms with Crippen LogP contribution in [-0.4, -0.2) is 12.9 Å². The smallest absolute Gasteiger partial charge is 0.119 e. The Bertz CT molecular complexity index is 392. The van der Waals surface area contributed by atoms with Gasteiger partial charge in [-0.3, -0.25) is 0 Å². The molecule has 0 heterocycles. The summed E-state index contributed by atoms with van der Waals surface area (Å²) in [5.41, 5.74) is -0.208. The first-order chi connectivity index (χ1) is 8.57. The van der Waals surface area contributed by atoms with Gasteiger partial charge in [-0.25, -0.2) is 0 Å². The Morgan fingerprint density at radius 3 is 2.44 bits per heavy atom. The third-order valence-electron chi connectivity index (χ3n) is 2.83. The van der Waals surface area contributed by atoms with Gasteiger partial charge in [0, 0.05) is 4.90 Å². The van der Waals surface area contributed by atoms with E-state index in [1.54, 1.807) is 11.8 Å². The van der Waals surface area contributed by atoms with Crippen LogP contribution in [0.1, 0.15) is 33.1 Å². The van der Waals surface area contributed by atoms with Crippen molar-refractivity contribution >= 4 is 11.8 Å². The molecule has 0 fully saturated rings. The third-order valence-corrected chi connectivity index (χ3v) is 3.57. The van der Waals surface area contributed by atoms with E-state index in [0.29, 0.717) is 0 Å². The van der Waals surface area contributed by atoms with E-state index in [1.807, 2.05) is 26.0 Å². The SMILES string of the molecule is CSc1ccc(OCCCCC(C)(C)C#N)cc1. The van der Waals surface area contributed by atoms with Gasteiger partial charge in [-0.1, -0.05) is 0 Å². The highest BCUT2D eigenvalue weighted by Crippen LogP contribution is 2.22. The number of rotatable bonds is 7.